The Balaban J connectivity index is 0.00000220. The van der Waals surface area contributed by atoms with Crippen molar-refractivity contribution >= 4 is 45.9 Å². The molecule has 1 heterocycles. The van der Waals surface area contributed by atoms with Crippen molar-refractivity contribution in [2.75, 3.05) is 19.6 Å². The van der Waals surface area contributed by atoms with Gasteiger partial charge in [-0.1, -0.05) is 22.0 Å². The average molecular weight is 468 g/mol. The molecule has 0 radical (unpaired) electrons. The van der Waals surface area contributed by atoms with Gasteiger partial charge in [0.1, 0.15) is 0 Å². The molecule has 2 rings (SSSR count). The highest BCUT2D eigenvalue weighted by Gasteiger charge is 2.22. The van der Waals surface area contributed by atoms with Gasteiger partial charge in [-0.15, -0.1) is 24.0 Å². The molecule has 1 fully saturated rings. The Morgan fingerprint density at radius 3 is 2.86 bits per heavy atom. The molecule has 0 bridgehead atoms. The summed E-state index contributed by atoms with van der Waals surface area (Å²) in [5.74, 6) is 0.895. The number of benzene rings is 1. The normalized spacial score (nSPS) is 18.6. The van der Waals surface area contributed by atoms with Crippen LogP contribution in [-0.4, -0.2) is 41.7 Å². The van der Waals surface area contributed by atoms with Crippen LogP contribution in [0.1, 0.15) is 24.5 Å². The molecule has 1 aliphatic rings. The Hall–Kier alpha value is -0.340. The van der Waals surface area contributed by atoms with Crippen LogP contribution in [0.5, 0.6) is 0 Å². The molecule has 4 nitrogen and oxygen atoms in total. The van der Waals surface area contributed by atoms with Crippen LogP contribution >= 0.6 is 39.9 Å². The molecule has 1 aromatic rings. The van der Waals surface area contributed by atoms with E-state index in [0.717, 1.165) is 29.9 Å². The standard InChI is InChI=1S/C15H22BrN3O.HI/c1-3-17-15(19-7-6-14(20)10-19)18-9-12-4-5-13(16)8-11(12)2;/h4-5,8,14,20H,3,6-7,9-10H2,1-2H3,(H,17,18);1H/t14-;/m1./s1. The van der Waals surface area contributed by atoms with E-state index in [2.05, 4.69) is 52.1 Å². The van der Waals surface area contributed by atoms with Gasteiger partial charge in [0.15, 0.2) is 5.96 Å². The Kier molecular flexibility index (Phi) is 7.97. The summed E-state index contributed by atoms with van der Waals surface area (Å²) in [6.07, 6.45) is 0.593. The molecule has 21 heavy (non-hydrogen) atoms. The third kappa shape index (κ3) is 5.41. The van der Waals surface area contributed by atoms with E-state index in [1.807, 2.05) is 6.07 Å². The number of aliphatic hydroxyl groups excluding tert-OH is 1. The summed E-state index contributed by atoms with van der Waals surface area (Å²) in [4.78, 5) is 6.82. The fourth-order valence-corrected chi connectivity index (χ4v) is 2.83. The Labute approximate surface area is 152 Å². The highest BCUT2D eigenvalue weighted by atomic mass is 127. The number of hydrogen-bond donors (Lipinski definition) is 2. The fourth-order valence-electron chi connectivity index (χ4n) is 2.36. The molecule has 118 valence electrons. The van der Waals surface area contributed by atoms with Crippen molar-refractivity contribution in [2.24, 2.45) is 4.99 Å². The minimum Gasteiger partial charge on any atom is -0.391 e. The third-order valence-corrected chi connectivity index (χ3v) is 3.99. The van der Waals surface area contributed by atoms with Gasteiger partial charge in [-0.3, -0.25) is 0 Å². The maximum absolute atomic E-state index is 9.65. The van der Waals surface area contributed by atoms with Gasteiger partial charge in [0, 0.05) is 24.1 Å². The number of rotatable bonds is 3. The number of guanidine groups is 1. The van der Waals surface area contributed by atoms with E-state index in [4.69, 9.17) is 4.99 Å². The molecule has 0 saturated carbocycles. The summed E-state index contributed by atoms with van der Waals surface area (Å²) in [6, 6.07) is 6.26. The lowest BCUT2D eigenvalue weighted by Gasteiger charge is -2.21. The van der Waals surface area contributed by atoms with E-state index < -0.39 is 0 Å². The van der Waals surface area contributed by atoms with Gasteiger partial charge in [0.05, 0.1) is 12.6 Å². The summed E-state index contributed by atoms with van der Waals surface area (Å²) in [5, 5.41) is 12.9. The van der Waals surface area contributed by atoms with Crippen LogP contribution in [0.2, 0.25) is 0 Å². The minimum absolute atomic E-state index is 0. The summed E-state index contributed by atoms with van der Waals surface area (Å²) in [7, 11) is 0. The van der Waals surface area contributed by atoms with E-state index in [9.17, 15) is 5.11 Å². The Morgan fingerprint density at radius 2 is 2.29 bits per heavy atom. The van der Waals surface area contributed by atoms with Gasteiger partial charge >= 0.3 is 0 Å². The highest BCUT2D eigenvalue weighted by Crippen LogP contribution is 2.17. The number of likely N-dealkylation sites (tertiary alicyclic amines) is 1. The van der Waals surface area contributed by atoms with Gasteiger partial charge in [0.25, 0.3) is 0 Å². The first kappa shape index (κ1) is 18.7. The zero-order valence-electron chi connectivity index (χ0n) is 12.5. The second kappa shape index (κ2) is 8.95. The molecule has 0 spiro atoms. The Bertz CT molecular complexity index is 496. The van der Waals surface area contributed by atoms with Crippen molar-refractivity contribution in [3.05, 3.63) is 33.8 Å². The molecule has 1 atom stereocenters. The number of halogens is 2. The van der Waals surface area contributed by atoms with Crippen LogP contribution in [0.4, 0.5) is 0 Å². The van der Waals surface area contributed by atoms with Gasteiger partial charge in [-0.2, -0.15) is 0 Å². The number of nitrogens with one attached hydrogen (secondary N) is 1. The van der Waals surface area contributed by atoms with Crippen molar-refractivity contribution in [2.45, 2.75) is 32.9 Å². The summed E-state index contributed by atoms with van der Waals surface area (Å²) in [6.45, 7) is 7.20. The van der Waals surface area contributed by atoms with Gasteiger partial charge in [-0.25, -0.2) is 4.99 Å². The first-order valence-corrected chi connectivity index (χ1v) is 7.85. The molecular weight excluding hydrogens is 445 g/mol. The lowest BCUT2D eigenvalue weighted by atomic mass is 10.1. The maximum atomic E-state index is 9.65. The van der Waals surface area contributed by atoms with E-state index in [-0.39, 0.29) is 30.1 Å². The first-order chi connectivity index (χ1) is 9.60. The predicted octanol–water partition coefficient (Wildman–Crippen LogP) is 2.91. The zero-order valence-corrected chi connectivity index (χ0v) is 16.4. The monoisotopic (exact) mass is 467 g/mol. The van der Waals surface area contributed by atoms with E-state index in [1.165, 1.54) is 11.1 Å². The van der Waals surface area contributed by atoms with E-state index >= 15 is 0 Å². The van der Waals surface area contributed by atoms with E-state index in [0.29, 0.717) is 13.1 Å². The largest absolute Gasteiger partial charge is 0.391 e. The molecule has 0 aromatic heterocycles. The zero-order chi connectivity index (χ0) is 14.5. The summed E-state index contributed by atoms with van der Waals surface area (Å²) < 4.78 is 1.09. The average Bonchev–Trinajstić information content (AvgIpc) is 2.83. The molecule has 6 heteroatoms. The summed E-state index contributed by atoms with van der Waals surface area (Å²) >= 11 is 3.48. The van der Waals surface area contributed by atoms with Crippen molar-refractivity contribution < 1.29 is 5.11 Å². The van der Waals surface area contributed by atoms with Crippen molar-refractivity contribution in [1.82, 2.24) is 10.2 Å². The topological polar surface area (TPSA) is 47.9 Å². The van der Waals surface area contributed by atoms with Gasteiger partial charge in [-0.05, 0) is 43.5 Å². The quantitative estimate of drug-likeness (QED) is 0.408. The molecule has 0 aliphatic carbocycles. The van der Waals surface area contributed by atoms with Crippen LogP contribution in [0.25, 0.3) is 0 Å². The number of β-amino-alcohol motifs (C(OH)–C–C–N with tert-alkyl or cyclic N) is 1. The first-order valence-electron chi connectivity index (χ1n) is 7.06. The number of nitrogens with zero attached hydrogens (tertiary/aromatic N) is 2. The Morgan fingerprint density at radius 1 is 1.52 bits per heavy atom. The van der Waals surface area contributed by atoms with Crippen LogP contribution in [0, 0.1) is 6.92 Å². The lowest BCUT2D eigenvalue weighted by Crippen LogP contribution is -2.40. The third-order valence-electron chi connectivity index (χ3n) is 3.50. The van der Waals surface area contributed by atoms with Crippen molar-refractivity contribution in [3.8, 4) is 0 Å². The van der Waals surface area contributed by atoms with Crippen LogP contribution in [0.15, 0.2) is 27.7 Å². The van der Waals surface area contributed by atoms with Crippen LogP contribution < -0.4 is 5.32 Å². The smallest absolute Gasteiger partial charge is 0.194 e. The van der Waals surface area contributed by atoms with Gasteiger partial charge < -0.3 is 15.3 Å². The molecule has 1 saturated heterocycles. The minimum atomic E-state index is -0.228. The van der Waals surface area contributed by atoms with Gasteiger partial charge in [0.2, 0.25) is 0 Å². The number of aliphatic hydroxyl groups is 1. The fraction of sp³-hybridized carbons (Fsp3) is 0.533. The molecular formula is C15H23BrIN3O. The number of aryl methyl sites for hydroxylation is 1. The SMILES string of the molecule is CCNC(=NCc1ccc(Br)cc1C)N1CC[C@@H](O)C1.I. The maximum Gasteiger partial charge on any atom is 0.194 e. The number of hydrogen-bond acceptors (Lipinski definition) is 2. The molecule has 1 aliphatic heterocycles. The predicted molar refractivity (Wildman–Crippen MR) is 101 cm³/mol. The van der Waals surface area contributed by atoms with E-state index in [1.54, 1.807) is 0 Å². The van der Waals surface area contributed by atoms with Crippen molar-refractivity contribution in [3.63, 3.8) is 0 Å². The van der Waals surface area contributed by atoms with Crippen LogP contribution in [-0.2, 0) is 6.54 Å². The van der Waals surface area contributed by atoms with Crippen LogP contribution in [0.3, 0.4) is 0 Å². The second-order valence-electron chi connectivity index (χ2n) is 5.13. The van der Waals surface area contributed by atoms with Crippen molar-refractivity contribution in [1.29, 1.82) is 0 Å². The lowest BCUT2D eigenvalue weighted by molar-refractivity contribution is 0.188. The molecule has 2 N–H and O–H groups in total. The summed E-state index contributed by atoms with van der Waals surface area (Å²) in [5.41, 5.74) is 2.46. The molecule has 0 unspecified atom stereocenters. The molecule has 0 amide bonds. The molecule has 1 aromatic carbocycles. The number of aliphatic imine (C=N–C) groups is 1. The highest BCUT2D eigenvalue weighted by molar-refractivity contribution is 14.0. The second-order valence-corrected chi connectivity index (χ2v) is 6.05.